The minimum absolute atomic E-state index is 0.0457. The fraction of sp³-hybridized carbons (Fsp3) is 0.474. The second-order valence-electron chi connectivity index (χ2n) is 6.45. The summed E-state index contributed by atoms with van der Waals surface area (Å²) in [5, 5.41) is 2.86. The molecule has 0 aliphatic heterocycles. The van der Waals surface area contributed by atoms with Crippen LogP contribution >= 0.6 is 0 Å². The maximum absolute atomic E-state index is 12.3. The summed E-state index contributed by atoms with van der Waals surface area (Å²) in [5.74, 6) is 0.367. The summed E-state index contributed by atoms with van der Waals surface area (Å²) in [6, 6.07) is 7.53. The average molecular weight is 332 g/mol. The van der Waals surface area contributed by atoms with Crippen molar-refractivity contribution in [2.45, 2.75) is 40.2 Å². The Morgan fingerprint density at radius 3 is 2.46 bits per heavy atom. The van der Waals surface area contributed by atoms with Gasteiger partial charge in [0.25, 0.3) is 0 Å². The summed E-state index contributed by atoms with van der Waals surface area (Å²) in [6.07, 6.45) is 3.20. The maximum atomic E-state index is 12.3. The van der Waals surface area contributed by atoms with Crippen LogP contribution in [0.1, 0.15) is 40.2 Å². The van der Waals surface area contributed by atoms with E-state index >= 15 is 0 Å². The van der Waals surface area contributed by atoms with Crippen LogP contribution in [0.2, 0.25) is 0 Å². The van der Waals surface area contributed by atoms with Crippen molar-refractivity contribution in [1.82, 2.24) is 10.2 Å². The first-order chi connectivity index (χ1) is 11.3. The van der Waals surface area contributed by atoms with Crippen LogP contribution in [-0.2, 0) is 9.59 Å². The lowest BCUT2D eigenvalue weighted by Crippen LogP contribution is -2.47. The molecule has 24 heavy (non-hydrogen) atoms. The lowest BCUT2D eigenvalue weighted by Gasteiger charge is -2.24. The maximum Gasteiger partial charge on any atom is 0.247 e. The van der Waals surface area contributed by atoms with E-state index in [1.165, 1.54) is 11.0 Å². The van der Waals surface area contributed by atoms with E-state index in [2.05, 4.69) is 5.32 Å². The van der Waals surface area contributed by atoms with Gasteiger partial charge in [-0.25, -0.2) is 0 Å². The molecule has 1 N–H and O–H groups in total. The molecule has 1 rings (SSSR count). The number of likely N-dealkylation sites (N-methyl/N-ethyl adjacent to an activating group) is 1. The van der Waals surface area contributed by atoms with Gasteiger partial charge in [-0.1, -0.05) is 18.2 Å². The SMILES string of the molecule is CCOc1ccccc1/C=C/C(=O)N(CC)CC(=O)NC(C)(C)C. The molecule has 0 spiro atoms. The Morgan fingerprint density at radius 2 is 1.88 bits per heavy atom. The molecular formula is C19H28N2O3. The number of carbonyl (C=O) groups is 2. The molecule has 0 bridgehead atoms. The zero-order valence-corrected chi connectivity index (χ0v) is 15.3. The summed E-state index contributed by atoms with van der Waals surface area (Å²) in [7, 11) is 0. The third-order valence-electron chi connectivity index (χ3n) is 3.17. The van der Waals surface area contributed by atoms with Crippen LogP contribution in [-0.4, -0.2) is 41.9 Å². The predicted molar refractivity (Wildman–Crippen MR) is 96.8 cm³/mol. The van der Waals surface area contributed by atoms with Gasteiger partial charge in [-0.2, -0.15) is 0 Å². The highest BCUT2D eigenvalue weighted by Gasteiger charge is 2.18. The monoisotopic (exact) mass is 332 g/mol. The summed E-state index contributed by atoms with van der Waals surface area (Å²) in [5.41, 5.74) is 0.522. The van der Waals surface area contributed by atoms with Crippen molar-refractivity contribution >= 4 is 17.9 Å². The van der Waals surface area contributed by atoms with E-state index in [-0.39, 0.29) is 23.9 Å². The van der Waals surface area contributed by atoms with Crippen molar-refractivity contribution in [3.63, 3.8) is 0 Å². The van der Waals surface area contributed by atoms with Gasteiger partial charge in [0.15, 0.2) is 0 Å². The van der Waals surface area contributed by atoms with E-state index in [1.807, 2.05) is 58.9 Å². The van der Waals surface area contributed by atoms with Gasteiger partial charge in [0.2, 0.25) is 11.8 Å². The minimum Gasteiger partial charge on any atom is -0.493 e. The van der Waals surface area contributed by atoms with E-state index < -0.39 is 0 Å². The number of benzene rings is 1. The van der Waals surface area contributed by atoms with Crippen molar-refractivity contribution in [2.75, 3.05) is 19.7 Å². The van der Waals surface area contributed by atoms with E-state index in [0.717, 1.165) is 11.3 Å². The molecule has 0 aromatic heterocycles. The number of rotatable bonds is 7. The number of para-hydroxylation sites is 1. The quantitative estimate of drug-likeness (QED) is 0.781. The number of nitrogens with zero attached hydrogens (tertiary/aromatic N) is 1. The molecule has 0 fully saturated rings. The lowest BCUT2D eigenvalue weighted by atomic mass is 10.1. The molecule has 0 aliphatic rings. The summed E-state index contributed by atoms with van der Waals surface area (Å²) < 4.78 is 5.54. The highest BCUT2D eigenvalue weighted by Crippen LogP contribution is 2.19. The number of hydrogen-bond acceptors (Lipinski definition) is 3. The minimum atomic E-state index is -0.314. The highest BCUT2D eigenvalue weighted by molar-refractivity contribution is 5.94. The van der Waals surface area contributed by atoms with Crippen LogP contribution in [0.3, 0.4) is 0 Å². The van der Waals surface area contributed by atoms with E-state index in [9.17, 15) is 9.59 Å². The van der Waals surface area contributed by atoms with Crippen molar-refractivity contribution in [3.05, 3.63) is 35.9 Å². The Morgan fingerprint density at radius 1 is 1.21 bits per heavy atom. The Labute approximate surface area is 144 Å². The Bertz CT molecular complexity index is 589. The number of ether oxygens (including phenoxy) is 1. The predicted octanol–water partition coefficient (Wildman–Crippen LogP) is 2.86. The number of amides is 2. The van der Waals surface area contributed by atoms with Gasteiger partial charge >= 0.3 is 0 Å². The van der Waals surface area contributed by atoms with Crippen LogP contribution in [0, 0.1) is 0 Å². The third-order valence-corrected chi connectivity index (χ3v) is 3.17. The Kier molecular flexibility index (Phi) is 7.49. The average Bonchev–Trinajstić information content (AvgIpc) is 2.50. The first kappa shape index (κ1) is 19.7. The molecule has 0 unspecified atom stereocenters. The Balaban J connectivity index is 2.75. The van der Waals surface area contributed by atoms with Gasteiger partial charge in [-0.3, -0.25) is 9.59 Å². The van der Waals surface area contributed by atoms with Crippen molar-refractivity contribution in [3.8, 4) is 5.75 Å². The van der Waals surface area contributed by atoms with Crippen molar-refractivity contribution in [2.24, 2.45) is 0 Å². The Hall–Kier alpha value is -2.30. The topological polar surface area (TPSA) is 58.6 Å². The van der Waals surface area contributed by atoms with Gasteiger partial charge in [0, 0.05) is 23.7 Å². The van der Waals surface area contributed by atoms with E-state index in [4.69, 9.17) is 4.74 Å². The van der Waals surface area contributed by atoms with Crippen LogP contribution in [0.25, 0.3) is 6.08 Å². The fourth-order valence-corrected chi connectivity index (χ4v) is 2.15. The zero-order valence-electron chi connectivity index (χ0n) is 15.3. The molecule has 1 aromatic rings. The lowest BCUT2D eigenvalue weighted by molar-refractivity contribution is -0.132. The van der Waals surface area contributed by atoms with Crippen LogP contribution in [0.15, 0.2) is 30.3 Å². The highest BCUT2D eigenvalue weighted by atomic mass is 16.5. The molecule has 0 saturated carbocycles. The van der Waals surface area contributed by atoms with Crippen molar-refractivity contribution in [1.29, 1.82) is 0 Å². The number of hydrogen-bond donors (Lipinski definition) is 1. The molecule has 0 saturated heterocycles. The van der Waals surface area contributed by atoms with Gasteiger partial charge in [0.05, 0.1) is 13.2 Å². The number of nitrogens with one attached hydrogen (secondary N) is 1. The first-order valence-electron chi connectivity index (χ1n) is 8.26. The van der Waals surface area contributed by atoms with Gasteiger partial charge < -0.3 is 15.0 Å². The molecule has 2 amide bonds. The zero-order chi connectivity index (χ0) is 18.2. The van der Waals surface area contributed by atoms with Crippen molar-refractivity contribution < 1.29 is 14.3 Å². The molecule has 1 aromatic carbocycles. The standard InChI is InChI=1S/C19H28N2O3/c1-6-21(14-17(22)20-19(3,4)5)18(23)13-12-15-10-8-9-11-16(15)24-7-2/h8-13H,6-7,14H2,1-5H3,(H,20,22)/b13-12+. The van der Waals surface area contributed by atoms with Crippen LogP contribution in [0.5, 0.6) is 5.75 Å². The molecule has 0 heterocycles. The molecule has 132 valence electrons. The summed E-state index contributed by atoms with van der Waals surface area (Å²) in [6.45, 7) is 10.6. The second kappa shape index (κ2) is 9.11. The van der Waals surface area contributed by atoms with Gasteiger partial charge in [0.1, 0.15) is 5.75 Å². The number of carbonyl (C=O) groups excluding carboxylic acids is 2. The summed E-state index contributed by atoms with van der Waals surface area (Å²) in [4.78, 5) is 25.8. The van der Waals surface area contributed by atoms with Gasteiger partial charge in [-0.05, 0) is 46.8 Å². The van der Waals surface area contributed by atoms with E-state index in [1.54, 1.807) is 6.08 Å². The fourth-order valence-electron chi connectivity index (χ4n) is 2.15. The van der Waals surface area contributed by atoms with Crippen LogP contribution < -0.4 is 10.1 Å². The van der Waals surface area contributed by atoms with Gasteiger partial charge in [-0.15, -0.1) is 0 Å². The normalized spacial score (nSPS) is 11.4. The first-order valence-corrected chi connectivity index (χ1v) is 8.26. The summed E-state index contributed by atoms with van der Waals surface area (Å²) >= 11 is 0. The third kappa shape index (κ3) is 6.86. The molecule has 0 atom stereocenters. The smallest absolute Gasteiger partial charge is 0.247 e. The molecule has 0 radical (unpaired) electrons. The molecule has 5 heteroatoms. The largest absolute Gasteiger partial charge is 0.493 e. The molecule has 5 nitrogen and oxygen atoms in total. The van der Waals surface area contributed by atoms with E-state index in [0.29, 0.717) is 13.2 Å². The molecule has 0 aliphatic carbocycles. The molecular weight excluding hydrogens is 304 g/mol. The van der Waals surface area contributed by atoms with Crippen LogP contribution in [0.4, 0.5) is 0 Å². The second-order valence-corrected chi connectivity index (χ2v) is 6.45.